The molecule has 0 aromatic heterocycles. The highest BCUT2D eigenvalue weighted by atomic mass is 79.9. The van der Waals surface area contributed by atoms with Crippen LogP contribution in [0.2, 0.25) is 0 Å². The van der Waals surface area contributed by atoms with E-state index in [1.54, 1.807) is 48.5 Å². The van der Waals surface area contributed by atoms with Gasteiger partial charge in [-0.2, -0.15) is 0 Å². The average Bonchev–Trinajstić information content (AvgIpc) is 2.53. The molecule has 0 heterocycles. The van der Waals surface area contributed by atoms with Crippen LogP contribution < -0.4 is 0 Å². The molecule has 0 spiro atoms. The predicted octanol–water partition coefficient (Wildman–Crippen LogP) is 4.27. The summed E-state index contributed by atoms with van der Waals surface area (Å²) in [5.74, 6) is -0.665. The molecule has 1 atom stereocenters. The maximum absolute atomic E-state index is 12.3. The van der Waals surface area contributed by atoms with E-state index in [1.807, 2.05) is 13.0 Å². The van der Waals surface area contributed by atoms with Gasteiger partial charge in [0, 0.05) is 10.0 Å². The van der Waals surface area contributed by atoms with Gasteiger partial charge in [0.25, 0.3) is 0 Å². The van der Waals surface area contributed by atoms with E-state index in [4.69, 9.17) is 4.74 Å². The number of hydrogen-bond donors (Lipinski definition) is 0. The fourth-order valence-corrected chi connectivity index (χ4v) is 2.16. The van der Waals surface area contributed by atoms with Crippen molar-refractivity contribution in [1.82, 2.24) is 0 Å². The number of ketones is 1. The zero-order valence-electron chi connectivity index (χ0n) is 11.6. The molecule has 3 nitrogen and oxygen atoms in total. The molecule has 0 aliphatic heterocycles. The van der Waals surface area contributed by atoms with Crippen LogP contribution >= 0.6 is 15.9 Å². The molecule has 4 heteroatoms. The van der Waals surface area contributed by atoms with Crippen molar-refractivity contribution >= 4 is 27.7 Å². The quantitative estimate of drug-likeness (QED) is 0.599. The molecule has 2 rings (SSSR count). The van der Waals surface area contributed by atoms with Gasteiger partial charge in [0.2, 0.25) is 5.78 Å². The number of carbonyl (C=O) groups excluding carboxylic acids is 2. The first-order valence-corrected chi connectivity index (χ1v) is 7.47. The molecular weight excluding hydrogens is 332 g/mol. The third-order valence-electron chi connectivity index (χ3n) is 3.05. The Balaban J connectivity index is 2.10. The highest BCUT2D eigenvalue weighted by molar-refractivity contribution is 9.10. The fraction of sp³-hybridized carbons (Fsp3) is 0.176. The lowest BCUT2D eigenvalue weighted by atomic mass is 10.0. The molecule has 108 valence electrons. The van der Waals surface area contributed by atoms with Crippen molar-refractivity contribution in [2.75, 3.05) is 0 Å². The Morgan fingerprint density at radius 2 is 1.62 bits per heavy atom. The molecule has 0 saturated carbocycles. The van der Waals surface area contributed by atoms with E-state index in [-0.39, 0.29) is 5.78 Å². The van der Waals surface area contributed by atoms with Gasteiger partial charge in [0.15, 0.2) is 6.10 Å². The van der Waals surface area contributed by atoms with Gasteiger partial charge in [-0.15, -0.1) is 0 Å². The van der Waals surface area contributed by atoms with Crippen LogP contribution in [0.1, 0.15) is 34.1 Å². The van der Waals surface area contributed by atoms with Crippen LogP contribution in [0.4, 0.5) is 0 Å². The van der Waals surface area contributed by atoms with Crippen molar-refractivity contribution in [3.8, 4) is 0 Å². The lowest BCUT2D eigenvalue weighted by Gasteiger charge is -2.15. The Hall–Kier alpha value is -1.94. The van der Waals surface area contributed by atoms with E-state index in [9.17, 15) is 9.59 Å². The molecule has 0 unspecified atom stereocenters. The zero-order chi connectivity index (χ0) is 15.2. The van der Waals surface area contributed by atoms with Crippen LogP contribution in [0.3, 0.4) is 0 Å². The number of halogens is 1. The minimum Gasteiger partial charge on any atom is -0.450 e. The van der Waals surface area contributed by atoms with Gasteiger partial charge >= 0.3 is 5.97 Å². The lowest BCUT2D eigenvalue weighted by molar-refractivity contribution is 0.0277. The zero-order valence-corrected chi connectivity index (χ0v) is 13.2. The molecule has 0 fully saturated rings. The van der Waals surface area contributed by atoms with E-state index in [1.165, 1.54) is 0 Å². The van der Waals surface area contributed by atoms with E-state index >= 15 is 0 Å². The largest absolute Gasteiger partial charge is 0.450 e. The Labute approximate surface area is 132 Å². The van der Waals surface area contributed by atoms with Crippen molar-refractivity contribution in [1.29, 1.82) is 0 Å². The predicted molar refractivity (Wildman–Crippen MR) is 84.4 cm³/mol. The van der Waals surface area contributed by atoms with E-state index in [0.29, 0.717) is 17.5 Å². The van der Waals surface area contributed by atoms with Crippen molar-refractivity contribution in [3.05, 3.63) is 70.2 Å². The monoisotopic (exact) mass is 346 g/mol. The van der Waals surface area contributed by atoms with Gasteiger partial charge in [-0.05, 0) is 30.7 Å². The molecule has 0 aliphatic rings. The van der Waals surface area contributed by atoms with Crippen LogP contribution in [0.5, 0.6) is 0 Å². The van der Waals surface area contributed by atoms with Crippen molar-refractivity contribution in [2.45, 2.75) is 19.4 Å². The molecular formula is C17H15BrO3. The van der Waals surface area contributed by atoms with E-state index in [2.05, 4.69) is 15.9 Å². The summed E-state index contributed by atoms with van der Waals surface area (Å²) in [4.78, 5) is 24.4. The van der Waals surface area contributed by atoms with Crippen molar-refractivity contribution in [3.63, 3.8) is 0 Å². The Morgan fingerprint density at radius 3 is 2.19 bits per heavy atom. The lowest BCUT2D eigenvalue weighted by Crippen LogP contribution is -2.26. The molecule has 0 amide bonds. The number of Topliss-reactive ketones (excluding diaryl/α,β-unsaturated/α-hetero) is 1. The van der Waals surface area contributed by atoms with Crippen molar-refractivity contribution in [2.24, 2.45) is 0 Å². The Morgan fingerprint density at radius 1 is 1.00 bits per heavy atom. The van der Waals surface area contributed by atoms with Crippen LogP contribution in [-0.4, -0.2) is 17.9 Å². The topological polar surface area (TPSA) is 43.4 Å². The van der Waals surface area contributed by atoms with Gasteiger partial charge in [-0.1, -0.05) is 53.2 Å². The third kappa shape index (κ3) is 4.02. The Kier molecular flexibility index (Phi) is 5.28. The summed E-state index contributed by atoms with van der Waals surface area (Å²) in [6, 6.07) is 15.7. The smallest absolute Gasteiger partial charge is 0.338 e. The van der Waals surface area contributed by atoms with Crippen LogP contribution in [0, 0.1) is 0 Å². The molecule has 21 heavy (non-hydrogen) atoms. The number of benzene rings is 2. The normalized spacial score (nSPS) is 11.7. The molecule has 0 saturated heterocycles. The summed E-state index contributed by atoms with van der Waals surface area (Å²) >= 11 is 3.31. The fourth-order valence-electron chi connectivity index (χ4n) is 1.89. The van der Waals surface area contributed by atoms with Crippen LogP contribution in [0.15, 0.2) is 59.1 Å². The average molecular weight is 347 g/mol. The van der Waals surface area contributed by atoms with Crippen molar-refractivity contribution < 1.29 is 14.3 Å². The summed E-state index contributed by atoms with van der Waals surface area (Å²) in [7, 11) is 0. The highest BCUT2D eigenvalue weighted by Crippen LogP contribution is 2.15. The first kappa shape index (κ1) is 15.4. The van der Waals surface area contributed by atoms with Gasteiger partial charge in [-0.25, -0.2) is 4.79 Å². The Bertz CT molecular complexity index is 620. The minimum absolute atomic E-state index is 0.177. The number of carbonyl (C=O) groups is 2. The number of hydrogen-bond acceptors (Lipinski definition) is 3. The molecule has 0 aliphatic carbocycles. The minimum atomic E-state index is -0.761. The highest BCUT2D eigenvalue weighted by Gasteiger charge is 2.22. The van der Waals surface area contributed by atoms with Gasteiger partial charge < -0.3 is 4.74 Å². The number of ether oxygens (including phenoxy) is 1. The molecule has 0 bridgehead atoms. The van der Waals surface area contributed by atoms with E-state index < -0.39 is 12.1 Å². The van der Waals surface area contributed by atoms with Crippen LogP contribution in [-0.2, 0) is 4.74 Å². The first-order chi connectivity index (χ1) is 10.1. The second-order valence-corrected chi connectivity index (χ2v) is 5.46. The number of esters is 1. The summed E-state index contributed by atoms with van der Waals surface area (Å²) in [5.41, 5.74) is 0.977. The standard InChI is InChI=1S/C17H15BrO3/c1-2-15(16(19)12-6-4-3-5-7-12)21-17(20)13-8-10-14(18)11-9-13/h3-11,15H,2H2,1H3/t15-/m1/s1. The molecule has 0 radical (unpaired) electrons. The van der Waals surface area contributed by atoms with Gasteiger partial charge in [-0.3, -0.25) is 4.79 Å². The second kappa shape index (κ2) is 7.18. The van der Waals surface area contributed by atoms with Gasteiger partial charge in [0.05, 0.1) is 5.56 Å². The summed E-state index contributed by atoms with van der Waals surface area (Å²) < 4.78 is 6.22. The molecule has 2 aromatic carbocycles. The molecule has 0 N–H and O–H groups in total. The van der Waals surface area contributed by atoms with Crippen LogP contribution in [0.25, 0.3) is 0 Å². The third-order valence-corrected chi connectivity index (χ3v) is 3.58. The first-order valence-electron chi connectivity index (χ1n) is 6.67. The number of rotatable bonds is 5. The maximum atomic E-state index is 12.3. The summed E-state index contributed by atoms with van der Waals surface area (Å²) in [6.07, 6.45) is -0.320. The summed E-state index contributed by atoms with van der Waals surface area (Å²) in [6.45, 7) is 1.82. The molecule has 2 aromatic rings. The second-order valence-electron chi connectivity index (χ2n) is 4.54. The maximum Gasteiger partial charge on any atom is 0.338 e. The van der Waals surface area contributed by atoms with Gasteiger partial charge in [0.1, 0.15) is 0 Å². The van der Waals surface area contributed by atoms with E-state index in [0.717, 1.165) is 4.47 Å². The summed E-state index contributed by atoms with van der Waals surface area (Å²) in [5, 5.41) is 0. The SMILES string of the molecule is CC[C@@H](OC(=O)c1ccc(Br)cc1)C(=O)c1ccccc1.